The second-order valence-corrected chi connectivity index (χ2v) is 8.57. The van der Waals surface area contributed by atoms with Crippen LogP contribution < -0.4 is 9.47 Å². The van der Waals surface area contributed by atoms with Gasteiger partial charge in [0.2, 0.25) is 0 Å². The Morgan fingerprint density at radius 2 is 1.70 bits per heavy atom. The van der Waals surface area contributed by atoms with E-state index in [-0.39, 0.29) is 31.6 Å². The zero-order valence-corrected chi connectivity index (χ0v) is 23.7. The SMILES string of the molecule is COc1c[c-]c(-c2nccn2C2C(=O)c3ccccc3OC2c2ccccc2)cc1.O=C(O)c1ccccn1.[Ir]. The van der Waals surface area contributed by atoms with Crippen molar-refractivity contribution in [2.24, 2.45) is 0 Å². The van der Waals surface area contributed by atoms with Crippen LogP contribution in [0.4, 0.5) is 0 Å². The van der Waals surface area contributed by atoms with Crippen molar-refractivity contribution >= 4 is 11.8 Å². The minimum Gasteiger partial charge on any atom is -0.540 e. The van der Waals surface area contributed by atoms with Crippen molar-refractivity contribution in [3.8, 4) is 22.9 Å². The van der Waals surface area contributed by atoms with E-state index in [1.165, 1.54) is 12.3 Å². The maximum absolute atomic E-state index is 13.6. The molecule has 1 aliphatic rings. The second kappa shape index (κ2) is 13.0. The van der Waals surface area contributed by atoms with E-state index in [0.29, 0.717) is 22.9 Å². The third-order valence-electron chi connectivity index (χ3n) is 6.20. The van der Waals surface area contributed by atoms with Crippen molar-refractivity contribution in [3.05, 3.63) is 132 Å². The number of carboxylic acid groups (broad SMARTS) is 1. The van der Waals surface area contributed by atoms with Gasteiger partial charge in [0.15, 0.2) is 11.9 Å². The summed E-state index contributed by atoms with van der Waals surface area (Å²) in [5, 5.41) is 8.32. The molecule has 0 spiro atoms. The Balaban J connectivity index is 0.000000317. The maximum atomic E-state index is 13.6. The van der Waals surface area contributed by atoms with Crippen molar-refractivity contribution in [1.82, 2.24) is 14.5 Å². The van der Waals surface area contributed by atoms with Crippen LogP contribution >= 0.6 is 0 Å². The third-order valence-corrected chi connectivity index (χ3v) is 6.20. The molecule has 0 saturated heterocycles. The van der Waals surface area contributed by atoms with E-state index >= 15 is 0 Å². The average molecular weight is 711 g/mol. The van der Waals surface area contributed by atoms with Crippen LogP contribution in [-0.4, -0.2) is 38.5 Å². The van der Waals surface area contributed by atoms with Gasteiger partial charge in [-0.15, -0.1) is 29.8 Å². The second-order valence-electron chi connectivity index (χ2n) is 8.57. The van der Waals surface area contributed by atoms with Crippen LogP contribution in [0.15, 0.2) is 110 Å². The first-order valence-electron chi connectivity index (χ1n) is 12.1. The number of para-hydroxylation sites is 1. The number of fused-ring (bicyclic) bond motifs is 1. The zero-order chi connectivity index (χ0) is 27.2. The number of pyridine rings is 1. The number of aromatic carboxylic acids is 1. The minimum atomic E-state index is -0.990. The van der Waals surface area contributed by atoms with Crippen LogP contribution in [0, 0.1) is 6.07 Å². The molecular formula is C31H24IrN3O5-. The van der Waals surface area contributed by atoms with Gasteiger partial charge in [-0.3, -0.25) is 9.78 Å². The number of carbonyl (C=O) groups excluding carboxylic acids is 1. The van der Waals surface area contributed by atoms with Gasteiger partial charge in [-0.25, -0.2) is 9.78 Å². The summed E-state index contributed by atoms with van der Waals surface area (Å²) in [5.74, 6) is 0.976. The number of ketones is 1. The number of hydrogen-bond acceptors (Lipinski definition) is 6. The van der Waals surface area contributed by atoms with Gasteiger partial charge in [0.25, 0.3) is 0 Å². The number of carboxylic acids is 1. The van der Waals surface area contributed by atoms with Crippen LogP contribution in [0.1, 0.15) is 38.6 Å². The predicted octanol–water partition coefficient (Wildman–Crippen LogP) is 5.69. The van der Waals surface area contributed by atoms with Crippen molar-refractivity contribution in [1.29, 1.82) is 0 Å². The molecule has 1 N–H and O–H groups in total. The van der Waals surface area contributed by atoms with Crippen LogP contribution in [-0.2, 0) is 20.1 Å². The number of Topliss-reactive ketones (excluding diaryl/α,β-unsaturated/α-hetero) is 1. The van der Waals surface area contributed by atoms with Crippen LogP contribution in [0.2, 0.25) is 0 Å². The Bertz CT molecular complexity index is 1570. The fourth-order valence-corrected chi connectivity index (χ4v) is 4.35. The Kier molecular flexibility index (Phi) is 9.22. The van der Waals surface area contributed by atoms with E-state index in [0.717, 1.165) is 11.1 Å². The molecule has 6 rings (SSSR count). The first-order chi connectivity index (χ1) is 19.1. The smallest absolute Gasteiger partial charge is 0.354 e. The minimum absolute atomic E-state index is 0. The number of imidazole rings is 1. The standard InChI is InChI=1S/C25H19N2O3.C6H5NO2.Ir/c1-29-19-13-11-18(12-14-19)25-26-15-16-27(25)22-23(28)20-9-5-6-10-21(20)30-24(22)17-7-3-2-4-8-17;8-6(9)5-3-1-2-4-7-5;/h2-11,13-16,22,24H,1H3;1-4H,(H,8,9);/q-1;;. The molecule has 0 saturated carbocycles. The fraction of sp³-hybridized carbons (Fsp3) is 0.0968. The Hall–Kier alpha value is -4.59. The number of rotatable bonds is 5. The Morgan fingerprint density at radius 1 is 0.950 bits per heavy atom. The van der Waals surface area contributed by atoms with E-state index in [2.05, 4.69) is 16.0 Å². The van der Waals surface area contributed by atoms with Crippen molar-refractivity contribution < 1.29 is 44.3 Å². The molecule has 2 unspecified atom stereocenters. The number of aromatic nitrogens is 3. The number of nitrogens with zero attached hydrogens (tertiary/aromatic N) is 3. The summed E-state index contributed by atoms with van der Waals surface area (Å²) >= 11 is 0. The van der Waals surface area contributed by atoms with Crippen molar-refractivity contribution in [2.45, 2.75) is 12.1 Å². The monoisotopic (exact) mass is 711 g/mol. The van der Waals surface area contributed by atoms with Gasteiger partial charge in [-0.1, -0.05) is 48.5 Å². The van der Waals surface area contributed by atoms with Crippen molar-refractivity contribution in [2.75, 3.05) is 7.11 Å². The van der Waals surface area contributed by atoms with Gasteiger partial charge in [-0.05, 0) is 29.8 Å². The predicted molar refractivity (Wildman–Crippen MR) is 144 cm³/mol. The first kappa shape index (κ1) is 28.4. The summed E-state index contributed by atoms with van der Waals surface area (Å²) in [6.45, 7) is 0. The number of carbonyl (C=O) groups is 2. The fourth-order valence-electron chi connectivity index (χ4n) is 4.35. The molecule has 1 aliphatic heterocycles. The largest absolute Gasteiger partial charge is 0.540 e. The normalized spacial score (nSPS) is 15.4. The summed E-state index contributed by atoms with van der Waals surface area (Å²) in [6.07, 6.45) is 4.50. The van der Waals surface area contributed by atoms with E-state index in [1.54, 1.807) is 31.5 Å². The molecule has 203 valence electrons. The summed E-state index contributed by atoms with van der Waals surface area (Å²) in [5.41, 5.74) is 2.37. The topological polar surface area (TPSA) is 104 Å². The Labute approximate surface area is 244 Å². The van der Waals surface area contributed by atoms with Gasteiger partial charge >= 0.3 is 5.97 Å². The number of ether oxygens (including phenoxy) is 2. The van der Waals surface area contributed by atoms with Gasteiger partial charge < -0.3 is 19.1 Å². The van der Waals surface area contributed by atoms with Crippen molar-refractivity contribution in [3.63, 3.8) is 0 Å². The van der Waals surface area contributed by atoms with E-state index in [1.807, 2.05) is 77.5 Å². The molecule has 40 heavy (non-hydrogen) atoms. The molecular weight excluding hydrogens is 687 g/mol. The zero-order valence-electron chi connectivity index (χ0n) is 21.3. The summed E-state index contributed by atoms with van der Waals surface area (Å²) in [7, 11) is 1.61. The molecule has 0 aliphatic carbocycles. The molecule has 8 nitrogen and oxygen atoms in total. The van der Waals surface area contributed by atoms with Crippen LogP contribution in [0.5, 0.6) is 11.5 Å². The third kappa shape index (κ3) is 6.01. The van der Waals surface area contributed by atoms with E-state index < -0.39 is 18.1 Å². The molecule has 0 amide bonds. The number of benzene rings is 3. The molecule has 2 aromatic heterocycles. The molecule has 3 aromatic carbocycles. The summed E-state index contributed by atoms with van der Waals surface area (Å²) in [6, 6.07) is 30.1. The molecule has 3 heterocycles. The quantitative estimate of drug-likeness (QED) is 0.234. The average Bonchev–Trinajstić information content (AvgIpc) is 3.48. The molecule has 1 radical (unpaired) electrons. The van der Waals surface area contributed by atoms with Gasteiger partial charge in [0, 0.05) is 44.4 Å². The van der Waals surface area contributed by atoms with Crippen LogP contribution in [0.25, 0.3) is 11.4 Å². The summed E-state index contributed by atoms with van der Waals surface area (Å²) < 4.78 is 13.5. The molecule has 9 heteroatoms. The number of methoxy groups -OCH3 is 1. The Morgan fingerprint density at radius 3 is 2.35 bits per heavy atom. The van der Waals surface area contributed by atoms with Gasteiger partial charge in [0.1, 0.15) is 17.5 Å². The van der Waals surface area contributed by atoms with Gasteiger partial charge in [-0.2, -0.15) is 0 Å². The number of hydrogen-bond donors (Lipinski definition) is 1. The maximum Gasteiger partial charge on any atom is 0.354 e. The van der Waals surface area contributed by atoms with E-state index in [9.17, 15) is 9.59 Å². The summed E-state index contributed by atoms with van der Waals surface area (Å²) in [4.78, 5) is 31.9. The van der Waals surface area contributed by atoms with E-state index in [4.69, 9.17) is 14.6 Å². The molecule has 0 bridgehead atoms. The molecule has 0 fully saturated rings. The van der Waals surface area contributed by atoms with Gasteiger partial charge in [0.05, 0.1) is 18.5 Å². The molecule has 2 atom stereocenters. The van der Waals surface area contributed by atoms with Crippen LogP contribution in [0.3, 0.4) is 0 Å². The molecule has 5 aromatic rings. The first-order valence-corrected chi connectivity index (χ1v) is 12.1.